The molecular weight excluding hydrogens is 430 g/mol. The molecule has 1 aliphatic rings. The highest BCUT2D eigenvalue weighted by molar-refractivity contribution is 6.06. The lowest BCUT2D eigenvalue weighted by molar-refractivity contribution is -0.120. The molecule has 1 aliphatic carbocycles. The first-order chi connectivity index (χ1) is 16.3. The summed E-state index contributed by atoms with van der Waals surface area (Å²) < 4.78 is 11.6. The molecule has 180 valence electrons. The number of nitrogens with zero attached hydrogens (tertiary/aromatic N) is 1. The van der Waals surface area contributed by atoms with E-state index >= 15 is 0 Å². The van der Waals surface area contributed by atoms with E-state index in [-0.39, 0.29) is 18.2 Å². The second kappa shape index (κ2) is 9.87. The van der Waals surface area contributed by atoms with Crippen LogP contribution in [-0.2, 0) is 17.6 Å². The molecule has 0 saturated carbocycles. The first-order valence-corrected chi connectivity index (χ1v) is 12.0. The van der Waals surface area contributed by atoms with Crippen molar-refractivity contribution in [1.29, 1.82) is 0 Å². The van der Waals surface area contributed by atoms with Crippen molar-refractivity contribution in [2.75, 3.05) is 6.54 Å². The van der Waals surface area contributed by atoms with Gasteiger partial charge < -0.3 is 14.2 Å². The number of fused-ring (bicyclic) bond motifs is 2. The van der Waals surface area contributed by atoms with Crippen molar-refractivity contribution >= 4 is 28.5 Å². The van der Waals surface area contributed by atoms with Gasteiger partial charge in [0.15, 0.2) is 5.76 Å². The van der Waals surface area contributed by atoms with Gasteiger partial charge in [0.05, 0.1) is 18.4 Å². The Labute approximate surface area is 200 Å². The summed E-state index contributed by atoms with van der Waals surface area (Å²) in [6.45, 7) is 10.8. The minimum absolute atomic E-state index is 0.174. The molecule has 7 nitrogen and oxygen atoms in total. The minimum Gasteiger partial charge on any atom is -0.464 e. The molecule has 2 amide bonds. The topological polar surface area (TPSA) is 96.8 Å². The Morgan fingerprint density at radius 3 is 2.68 bits per heavy atom. The Morgan fingerprint density at radius 1 is 1.12 bits per heavy atom. The highest BCUT2D eigenvalue weighted by atomic mass is 16.4. The van der Waals surface area contributed by atoms with E-state index in [1.54, 1.807) is 6.26 Å². The SMILES string of the molecule is Cc1ccc2c(CC(=O)N/N=C3\CCCc4oc(C(=O)NCCC(C)C)c(C)c43)coc2c1C. The molecule has 34 heavy (non-hydrogen) atoms. The van der Waals surface area contributed by atoms with Gasteiger partial charge in [-0.3, -0.25) is 9.59 Å². The number of carbonyl (C=O) groups is 2. The van der Waals surface area contributed by atoms with E-state index in [9.17, 15) is 9.59 Å². The average Bonchev–Trinajstić information content (AvgIpc) is 3.36. The Morgan fingerprint density at radius 2 is 1.91 bits per heavy atom. The number of rotatable bonds is 7. The third kappa shape index (κ3) is 4.79. The highest BCUT2D eigenvalue weighted by Crippen LogP contribution is 2.30. The number of hydrogen-bond acceptors (Lipinski definition) is 5. The number of aryl methyl sites for hydroxylation is 3. The van der Waals surface area contributed by atoms with Crippen LogP contribution in [0.3, 0.4) is 0 Å². The first kappa shape index (κ1) is 23.8. The minimum atomic E-state index is -0.214. The summed E-state index contributed by atoms with van der Waals surface area (Å²) in [6.07, 6.45) is 5.06. The van der Waals surface area contributed by atoms with E-state index in [0.29, 0.717) is 18.2 Å². The van der Waals surface area contributed by atoms with Crippen molar-refractivity contribution in [3.63, 3.8) is 0 Å². The van der Waals surface area contributed by atoms with Crippen molar-refractivity contribution in [3.8, 4) is 0 Å². The van der Waals surface area contributed by atoms with Crippen LogP contribution in [0.15, 0.2) is 32.3 Å². The van der Waals surface area contributed by atoms with Gasteiger partial charge in [-0.1, -0.05) is 26.0 Å². The third-order valence-corrected chi connectivity index (χ3v) is 6.55. The standard InChI is InChI=1S/C27H33N3O4/c1-15(2)11-12-28-27(32)26-18(5)24-21(7-6-8-22(24)34-26)29-30-23(31)13-19-14-33-25-17(4)16(3)9-10-20(19)25/h9-10,14-15H,6-8,11-13H2,1-5H3,(H,28,32)(H,30,31)/b29-21+. The molecule has 0 radical (unpaired) electrons. The maximum absolute atomic E-state index is 12.7. The zero-order valence-corrected chi connectivity index (χ0v) is 20.6. The largest absolute Gasteiger partial charge is 0.464 e. The van der Waals surface area contributed by atoms with Gasteiger partial charge in [-0.2, -0.15) is 5.10 Å². The van der Waals surface area contributed by atoms with Crippen LogP contribution in [0.1, 0.15) is 77.2 Å². The van der Waals surface area contributed by atoms with Crippen LogP contribution in [0.2, 0.25) is 0 Å². The van der Waals surface area contributed by atoms with E-state index < -0.39 is 0 Å². The molecule has 3 aromatic rings. The molecule has 0 spiro atoms. The van der Waals surface area contributed by atoms with Crippen LogP contribution in [0.25, 0.3) is 11.0 Å². The molecule has 2 N–H and O–H groups in total. The normalized spacial score (nSPS) is 14.6. The van der Waals surface area contributed by atoms with E-state index in [1.165, 1.54) is 0 Å². The van der Waals surface area contributed by atoms with Crippen LogP contribution in [0.4, 0.5) is 0 Å². The van der Waals surface area contributed by atoms with Gasteiger partial charge >= 0.3 is 0 Å². The van der Waals surface area contributed by atoms with Gasteiger partial charge in [0.25, 0.3) is 5.91 Å². The fourth-order valence-corrected chi connectivity index (χ4v) is 4.42. The van der Waals surface area contributed by atoms with Crippen molar-refractivity contribution in [1.82, 2.24) is 10.7 Å². The van der Waals surface area contributed by atoms with Gasteiger partial charge in [0.2, 0.25) is 5.91 Å². The molecule has 0 atom stereocenters. The number of hydrogen-bond donors (Lipinski definition) is 2. The summed E-state index contributed by atoms with van der Waals surface area (Å²) in [5.74, 6) is 1.20. The molecular formula is C27H33N3O4. The predicted octanol–water partition coefficient (Wildman–Crippen LogP) is 5.13. The number of amides is 2. The van der Waals surface area contributed by atoms with Crippen molar-refractivity contribution in [3.05, 3.63) is 57.7 Å². The quantitative estimate of drug-likeness (QED) is 0.475. The summed E-state index contributed by atoms with van der Waals surface area (Å²) in [5.41, 5.74) is 8.96. The molecule has 0 aliphatic heterocycles. The van der Waals surface area contributed by atoms with Crippen LogP contribution >= 0.6 is 0 Å². The first-order valence-electron chi connectivity index (χ1n) is 12.0. The van der Waals surface area contributed by atoms with Gasteiger partial charge in [0, 0.05) is 35.0 Å². The smallest absolute Gasteiger partial charge is 0.287 e. The van der Waals surface area contributed by atoms with Gasteiger partial charge in [-0.25, -0.2) is 5.43 Å². The summed E-state index contributed by atoms with van der Waals surface area (Å²) in [7, 11) is 0. The maximum Gasteiger partial charge on any atom is 0.287 e. The fourth-order valence-electron chi connectivity index (χ4n) is 4.42. The predicted molar refractivity (Wildman–Crippen MR) is 132 cm³/mol. The molecule has 0 fully saturated rings. The van der Waals surface area contributed by atoms with E-state index in [4.69, 9.17) is 8.83 Å². The Bertz CT molecular complexity index is 1260. The molecule has 0 bridgehead atoms. The van der Waals surface area contributed by atoms with Gasteiger partial charge in [-0.05, 0) is 57.1 Å². The number of furan rings is 2. The average molecular weight is 464 g/mol. The maximum atomic E-state index is 12.7. The lowest BCUT2D eigenvalue weighted by atomic mass is 9.93. The molecule has 0 saturated heterocycles. The molecule has 4 rings (SSSR count). The zero-order chi connectivity index (χ0) is 24.4. The van der Waals surface area contributed by atoms with Gasteiger partial charge in [-0.15, -0.1) is 0 Å². The number of nitrogens with one attached hydrogen (secondary N) is 2. The summed E-state index contributed by atoms with van der Waals surface area (Å²) >= 11 is 0. The van der Waals surface area contributed by atoms with Crippen LogP contribution in [0.5, 0.6) is 0 Å². The number of benzene rings is 1. The zero-order valence-electron chi connectivity index (χ0n) is 20.6. The van der Waals surface area contributed by atoms with E-state index in [1.807, 2.05) is 32.9 Å². The second-order valence-corrected chi connectivity index (χ2v) is 9.56. The fraction of sp³-hybridized carbons (Fsp3) is 0.444. The molecule has 7 heteroatoms. The summed E-state index contributed by atoms with van der Waals surface area (Å²) in [5, 5.41) is 8.32. The lowest BCUT2D eigenvalue weighted by Crippen LogP contribution is -2.25. The molecule has 1 aromatic carbocycles. The van der Waals surface area contributed by atoms with Gasteiger partial charge in [0.1, 0.15) is 11.3 Å². The van der Waals surface area contributed by atoms with E-state index in [0.717, 1.165) is 75.9 Å². The second-order valence-electron chi connectivity index (χ2n) is 9.56. The van der Waals surface area contributed by atoms with E-state index in [2.05, 4.69) is 29.7 Å². The van der Waals surface area contributed by atoms with Crippen LogP contribution in [0, 0.1) is 26.7 Å². The summed E-state index contributed by atoms with van der Waals surface area (Å²) in [6, 6.07) is 4.03. The molecule has 2 aromatic heterocycles. The molecule has 0 unspecified atom stereocenters. The van der Waals surface area contributed by atoms with Crippen LogP contribution < -0.4 is 10.7 Å². The van der Waals surface area contributed by atoms with Crippen molar-refractivity contribution in [2.24, 2.45) is 11.0 Å². The Kier molecular flexibility index (Phi) is 6.91. The lowest BCUT2D eigenvalue weighted by Gasteiger charge is -2.13. The number of carbonyl (C=O) groups excluding carboxylic acids is 2. The third-order valence-electron chi connectivity index (χ3n) is 6.55. The Hall–Kier alpha value is -3.35. The Balaban J connectivity index is 1.48. The monoisotopic (exact) mass is 463 g/mol. The summed E-state index contributed by atoms with van der Waals surface area (Å²) in [4.78, 5) is 25.3. The number of hydrazone groups is 1. The van der Waals surface area contributed by atoms with Crippen molar-refractivity contribution < 1.29 is 18.4 Å². The molecule has 2 heterocycles. The van der Waals surface area contributed by atoms with Crippen LogP contribution in [-0.4, -0.2) is 24.1 Å². The highest BCUT2D eigenvalue weighted by Gasteiger charge is 2.28. The van der Waals surface area contributed by atoms with Crippen molar-refractivity contribution in [2.45, 2.75) is 66.7 Å².